The lowest BCUT2D eigenvalue weighted by molar-refractivity contribution is 1.14. The number of nitrogens with two attached hydrogens (primary N) is 1. The Balaban J connectivity index is 2.20. The van der Waals surface area contributed by atoms with Crippen LogP contribution in [0.4, 0.5) is 5.82 Å². The van der Waals surface area contributed by atoms with Gasteiger partial charge < -0.3 is 5.73 Å². The van der Waals surface area contributed by atoms with Crippen LogP contribution in [0, 0.1) is 0 Å². The minimum Gasteiger partial charge on any atom is -0.384 e. The molecule has 0 unspecified atom stereocenters. The lowest BCUT2D eigenvalue weighted by Crippen LogP contribution is -1.89. The van der Waals surface area contributed by atoms with Crippen molar-refractivity contribution in [1.82, 2.24) is 4.98 Å². The van der Waals surface area contributed by atoms with Gasteiger partial charge in [-0.1, -0.05) is 18.2 Å². The van der Waals surface area contributed by atoms with E-state index in [1.54, 1.807) is 0 Å². The van der Waals surface area contributed by atoms with Gasteiger partial charge in [-0.2, -0.15) is 0 Å². The number of benzene rings is 1. The molecule has 2 N–H and O–H groups in total. The zero-order valence-corrected chi connectivity index (χ0v) is 7.90. The van der Waals surface area contributed by atoms with Crippen molar-refractivity contribution in [2.24, 2.45) is 0 Å². The van der Waals surface area contributed by atoms with Gasteiger partial charge in [0.15, 0.2) is 0 Å². The van der Waals surface area contributed by atoms with E-state index in [1.165, 1.54) is 29.2 Å². The van der Waals surface area contributed by atoms with E-state index in [0.29, 0.717) is 5.82 Å². The number of nitrogen functional groups attached to an aromatic ring is 1. The second-order valence-corrected chi connectivity index (χ2v) is 3.99. The number of aromatic nitrogens is 1. The van der Waals surface area contributed by atoms with Gasteiger partial charge in [0.1, 0.15) is 5.82 Å². The van der Waals surface area contributed by atoms with Gasteiger partial charge in [0, 0.05) is 11.6 Å². The Morgan fingerprint density at radius 1 is 1.14 bits per heavy atom. The third-order valence-electron chi connectivity index (χ3n) is 2.82. The lowest BCUT2D eigenvalue weighted by atomic mass is 10.1. The van der Waals surface area contributed by atoms with Gasteiger partial charge >= 0.3 is 0 Å². The zero-order chi connectivity index (χ0) is 9.54. The van der Waals surface area contributed by atoms with E-state index in [4.69, 9.17) is 5.73 Å². The van der Waals surface area contributed by atoms with Crippen LogP contribution in [0.2, 0.25) is 0 Å². The quantitative estimate of drug-likeness (QED) is 0.740. The molecule has 1 saturated carbocycles. The predicted octanol–water partition coefficient (Wildman–Crippen LogP) is 2.69. The minimum atomic E-state index is 0.602. The maximum atomic E-state index is 5.65. The summed E-state index contributed by atoms with van der Waals surface area (Å²) in [6.45, 7) is 0. The van der Waals surface area contributed by atoms with Crippen molar-refractivity contribution in [3.05, 3.63) is 36.0 Å². The van der Waals surface area contributed by atoms with Crippen LogP contribution in [0.3, 0.4) is 0 Å². The summed E-state index contributed by atoms with van der Waals surface area (Å²) >= 11 is 0. The van der Waals surface area contributed by atoms with Gasteiger partial charge in [-0.25, -0.2) is 4.98 Å². The van der Waals surface area contributed by atoms with Crippen LogP contribution in [-0.2, 0) is 0 Å². The number of nitrogens with zero attached hydrogens (tertiary/aromatic N) is 1. The zero-order valence-electron chi connectivity index (χ0n) is 7.90. The summed E-state index contributed by atoms with van der Waals surface area (Å²) in [5.41, 5.74) is 7.10. The SMILES string of the molecule is Nc1cc2cc(C3CC3)ccc2cn1. The molecule has 70 valence electrons. The van der Waals surface area contributed by atoms with E-state index >= 15 is 0 Å². The molecular formula is C12H12N2. The van der Waals surface area contributed by atoms with E-state index in [-0.39, 0.29) is 0 Å². The summed E-state index contributed by atoms with van der Waals surface area (Å²) in [7, 11) is 0. The average molecular weight is 184 g/mol. The minimum absolute atomic E-state index is 0.602. The van der Waals surface area contributed by atoms with Crippen molar-refractivity contribution in [2.75, 3.05) is 5.73 Å². The average Bonchev–Trinajstić information content (AvgIpc) is 3.00. The van der Waals surface area contributed by atoms with Gasteiger partial charge in [0.25, 0.3) is 0 Å². The van der Waals surface area contributed by atoms with Gasteiger partial charge in [-0.15, -0.1) is 0 Å². The van der Waals surface area contributed by atoms with Crippen molar-refractivity contribution in [3.63, 3.8) is 0 Å². The molecular weight excluding hydrogens is 172 g/mol. The molecule has 0 saturated heterocycles. The van der Waals surface area contributed by atoms with E-state index in [9.17, 15) is 0 Å². The van der Waals surface area contributed by atoms with Crippen molar-refractivity contribution in [2.45, 2.75) is 18.8 Å². The Bertz CT molecular complexity index is 487. The van der Waals surface area contributed by atoms with Crippen LogP contribution >= 0.6 is 0 Å². The molecule has 0 radical (unpaired) electrons. The molecule has 0 spiro atoms. The van der Waals surface area contributed by atoms with Crippen LogP contribution in [0.1, 0.15) is 24.3 Å². The van der Waals surface area contributed by atoms with Gasteiger partial charge in [0.05, 0.1) is 0 Å². The molecule has 0 amide bonds. The van der Waals surface area contributed by atoms with Crippen molar-refractivity contribution < 1.29 is 0 Å². The van der Waals surface area contributed by atoms with Gasteiger partial charge in [-0.05, 0) is 35.8 Å². The molecule has 0 bridgehead atoms. The highest BCUT2D eigenvalue weighted by Crippen LogP contribution is 2.40. The lowest BCUT2D eigenvalue weighted by Gasteiger charge is -2.02. The number of fused-ring (bicyclic) bond motifs is 1. The van der Waals surface area contributed by atoms with Crippen LogP contribution < -0.4 is 5.73 Å². The van der Waals surface area contributed by atoms with Crippen molar-refractivity contribution in [1.29, 1.82) is 0 Å². The molecule has 2 heteroatoms. The topological polar surface area (TPSA) is 38.9 Å². The van der Waals surface area contributed by atoms with Gasteiger partial charge in [0.2, 0.25) is 0 Å². The van der Waals surface area contributed by atoms with Gasteiger partial charge in [-0.3, -0.25) is 0 Å². The highest BCUT2D eigenvalue weighted by atomic mass is 14.8. The summed E-state index contributed by atoms with van der Waals surface area (Å²) in [4.78, 5) is 4.08. The first-order chi connectivity index (χ1) is 6.83. The first kappa shape index (κ1) is 7.80. The summed E-state index contributed by atoms with van der Waals surface area (Å²) in [5.74, 6) is 1.40. The van der Waals surface area contributed by atoms with E-state index < -0.39 is 0 Å². The van der Waals surface area contributed by atoms with Crippen LogP contribution in [0.5, 0.6) is 0 Å². The molecule has 1 aliphatic carbocycles. The number of rotatable bonds is 1. The molecule has 14 heavy (non-hydrogen) atoms. The van der Waals surface area contributed by atoms with Crippen LogP contribution in [0.15, 0.2) is 30.5 Å². The molecule has 2 nitrogen and oxygen atoms in total. The second-order valence-electron chi connectivity index (χ2n) is 3.99. The molecule has 0 atom stereocenters. The van der Waals surface area contributed by atoms with E-state index in [0.717, 1.165) is 5.92 Å². The highest BCUT2D eigenvalue weighted by Gasteiger charge is 2.23. The van der Waals surface area contributed by atoms with Crippen LogP contribution in [-0.4, -0.2) is 4.98 Å². The Morgan fingerprint density at radius 2 is 2.00 bits per heavy atom. The first-order valence-electron chi connectivity index (χ1n) is 4.98. The Labute approximate surface area is 82.8 Å². The Kier molecular flexibility index (Phi) is 1.51. The molecule has 1 fully saturated rings. The smallest absolute Gasteiger partial charge is 0.123 e. The summed E-state index contributed by atoms with van der Waals surface area (Å²) in [6.07, 6.45) is 4.51. The normalized spacial score (nSPS) is 16.0. The number of hydrogen-bond donors (Lipinski definition) is 1. The van der Waals surface area contributed by atoms with Crippen molar-refractivity contribution in [3.8, 4) is 0 Å². The highest BCUT2D eigenvalue weighted by molar-refractivity contribution is 5.84. The fourth-order valence-corrected chi connectivity index (χ4v) is 1.85. The fourth-order valence-electron chi connectivity index (χ4n) is 1.85. The third-order valence-corrected chi connectivity index (χ3v) is 2.82. The monoisotopic (exact) mass is 184 g/mol. The van der Waals surface area contributed by atoms with E-state index in [2.05, 4.69) is 23.2 Å². The number of hydrogen-bond acceptors (Lipinski definition) is 2. The van der Waals surface area contributed by atoms with Crippen molar-refractivity contribution >= 4 is 16.6 Å². The molecule has 2 aromatic rings. The van der Waals surface area contributed by atoms with E-state index in [1.807, 2.05) is 12.3 Å². The fraction of sp³-hybridized carbons (Fsp3) is 0.250. The summed E-state index contributed by atoms with van der Waals surface area (Å²) in [6, 6.07) is 8.53. The molecule has 1 aliphatic rings. The largest absolute Gasteiger partial charge is 0.384 e. The maximum absolute atomic E-state index is 5.65. The summed E-state index contributed by atoms with van der Waals surface area (Å²) in [5, 5.41) is 2.38. The Morgan fingerprint density at radius 3 is 2.79 bits per heavy atom. The third kappa shape index (κ3) is 1.23. The summed E-state index contributed by atoms with van der Waals surface area (Å²) < 4.78 is 0. The van der Waals surface area contributed by atoms with Crippen LogP contribution in [0.25, 0.3) is 10.8 Å². The first-order valence-corrected chi connectivity index (χ1v) is 4.98. The number of pyridine rings is 1. The maximum Gasteiger partial charge on any atom is 0.123 e. The molecule has 1 heterocycles. The second kappa shape index (κ2) is 2.71. The molecule has 3 rings (SSSR count). The molecule has 1 aromatic carbocycles. The molecule has 0 aliphatic heterocycles. The standard InChI is InChI=1S/C12H12N2/c13-12-6-11-5-9(8-1-2-8)3-4-10(11)7-14-12/h3-8H,1-2H2,(H2,13,14). The predicted molar refractivity (Wildman–Crippen MR) is 58.1 cm³/mol. The Hall–Kier alpha value is -1.57. The number of anilines is 1. The molecule has 1 aromatic heterocycles.